The maximum Gasteiger partial charge on any atom is 0.241 e. The van der Waals surface area contributed by atoms with E-state index in [9.17, 15) is 14.0 Å². The number of amides is 2. The van der Waals surface area contributed by atoms with Crippen molar-refractivity contribution in [2.45, 2.75) is 37.2 Å². The van der Waals surface area contributed by atoms with E-state index in [-0.39, 0.29) is 29.6 Å². The molecule has 1 atom stereocenters. The minimum atomic E-state index is -0.285. The van der Waals surface area contributed by atoms with Gasteiger partial charge in [0.05, 0.1) is 11.7 Å². The van der Waals surface area contributed by atoms with Crippen molar-refractivity contribution >= 4 is 29.3 Å². The molecule has 2 aromatic carbocycles. The summed E-state index contributed by atoms with van der Waals surface area (Å²) in [7, 11) is 0. The molecule has 0 bridgehead atoms. The van der Waals surface area contributed by atoms with Crippen molar-refractivity contribution in [3.8, 4) is 0 Å². The Balaban J connectivity index is 1.46. The molecular formula is C23H28FN3O2S. The standard InChI is InChI=1S/C23H28FN3O2S/c1-16(22(28)26-20-5-3-4-6-21(20)30-2)27-13-11-18(12-14-27)23(29)25-15-17-7-9-19(24)10-8-17/h3-10,16,18H,11-15H2,1-2H3,(H,25,29)(H,26,28). The molecule has 7 heteroatoms. The van der Waals surface area contributed by atoms with Gasteiger partial charge in [-0.1, -0.05) is 24.3 Å². The fourth-order valence-corrected chi connectivity index (χ4v) is 4.19. The molecular weight excluding hydrogens is 401 g/mol. The van der Waals surface area contributed by atoms with Crippen LogP contribution in [0.15, 0.2) is 53.4 Å². The molecule has 160 valence electrons. The molecule has 1 unspecified atom stereocenters. The van der Waals surface area contributed by atoms with E-state index < -0.39 is 0 Å². The van der Waals surface area contributed by atoms with Gasteiger partial charge in [0, 0.05) is 17.4 Å². The number of halogens is 1. The van der Waals surface area contributed by atoms with Gasteiger partial charge in [0.1, 0.15) is 5.82 Å². The van der Waals surface area contributed by atoms with Gasteiger partial charge < -0.3 is 10.6 Å². The summed E-state index contributed by atoms with van der Waals surface area (Å²) in [6.07, 6.45) is 3.42. The van der Waals surface area contributed by atoms with Gasteiger partial charge in [-0.05, 0) is 68.9 Å². The van der Waals surface area contributed by atoms with E-state index in [1.165, 1.54) is 12.1 Å². The van der Waals surface area contributed by atoms with Gasteiger partial charge in [0.2, 0.25) is 11.8 Å². The van der Waals surface area contributed by atoms with Gasteiger partial charge in [-0.2, -0.15) is 0 Å². The first-order chi connectivity index (χ1) is 14.5. The van der Waals surface area contributed by atoms with Crippen molar-refractivity contribution in [2.24, 2.45) is 5.92 Å². The van der Waals surface area contributed by atoms with Crippen LogP contribution in [0.2, 0.25) is 0 Å². The zero-order valence-electron chi connectivity index (χ0n) is 17.4. The van der Waals surface area contributed by atoms with Crippen LogP contribution >= 0.6 is 11.8 Å². The van der Waals surface area contributed by atoms with Gasteiger partial charge in [-0.3, -0.25) is 14.5 Å². The minimum absolute atomic E-state index is 0.0185. The molecule has 1 fully saturated rings. The Kier molecular flexibility index (Phi) is 7.87. The number of carbonyl (C=O) groups excluding carboxylic acids is 2. The molecule has 1 aliphatic rings. The smallest absolute Gasteiger partial charge is 0.241 e. The lowest BCUT2D eigenvalue weighted by Gasteiger charge is -2.34. The number of piperidine rings is 1. The Morgan fingerprint density at radius 2 is 1.80 bits per heavy atom. The first kappa shape index (κ1) is 22.3. The van der Waals surface area contributed by atoms with Crippen LogP contribution in [0.25, 0.3) is 0 Å². The average Bonchev–Trinajstić information content (AvgIpc) is 2.78. The maximum absolute atomic E-state index is 13.0. The second-order valence-electron chi connectivity index (χ2n) is 7.52. The predicted molar refractivity (Wildman–Crippen MR) is 119 cm³/mol. The number of nitrogens with zero attached hydrogens (tertiary/aromatic N) is 1. The lowest BCUT2D eigenvalue weighted by Crippen LogP contribution is -2.48. The molecule has 2 amide bonds. The molecule has 2 N–H and O–H groups in total. The van der Waals surface area contributed by atoms with Crippen LogP contribution < -0.4 is 10.6 Å². The summed E-state index contributed by atoms with van der Waals surface area (Å²) in [5.41, 5.74) is 1.70. The molecule has 3 rings (SSSR count). The minimum Gasteiger partial charge on any atom is -0.352 e. The Bertz CT molecular complexity index is 867. The van der Waals surface area contributed by atoms with Crippen LogP contribution in [0.1, 0.15) is 25.3 Å². The zero-order valence-corrected chi connectivity index (χ0v) is 18.2. The Hall–Kier alpha value is -2.38. The first-order valence-corrected chi connectivity index (χ1v) is 11.4. The molecule has 2 aromatic rings. The third-order valence-electron chi connectivity index (χ3n) is 5.57. The Labute approximate surface area is 181 Å². The SMILES string of the molecule is CSc1ccccc1NC(=O)C(C)N1CCC(C(=O)NCc2ccc(F)cc2)CC1. The quantitative estimate of drug-likeness (QED) is 0.656. The van der Waals surface area contributed by atoms with Crippen molar-refractivity contribution in [2.75, 3.05) is 24.7 Å². The zero-order chi connectivity index (χ0) is 21.5. The van der Waals surface area contributed by atoms with Gasteiger partial charge in [0.15, 0.2) is 0 Å². The van der Waals surface area contributed by atoms with Crippen molar-refractivity contribution < 1.29 is 14.0 Å². The molecule has 0 radical (unpaired) electrons. The summed E-state index contributed by atoms with van der Waals surface area (Å²) in [5, 5.41) is 5.97. The number of nitrogens with one attached hydrogen (secondary N) is 2. The number of hydrogen-bond acceptors (Lipinski definition) is 4. The van der Waals surface area contributed by atoms with Crippen LogP contribution in [0.3, 0.4) is 0 Å². The van der Waals surface area contributed by atoms with Crippen molar-refractivity contribution in [3.05, 3.63) is 59.9 Å². The van der Waals surface area contributed by atoms with Gasteiger partial charge in [0.25, 0.3) is 0 Å². The van der Waals surface area contributed by atoms with E-state index in [0.717, 1.165) is 16.1 Å². The summed E-state index contributed by atoms with van der Waals surface area (Å²) in [6.45, 7) is 3.71. The highest BCUT2D eigenvalue weighted by Crippen LogP contribution is 2.25. The summed E-state index contributed by atoms with van der Waals surface area (Å²) in [6, 6.07) is 13.6. The molecule has 0 aromatic heterocycles. The summed E-state index contributed by atoms with van der Waals surface area (Å²) >= 11 is 1.60. The van der Waals surface area contributed by atoms with Gasteiger partial charge in [-0.25, -0.2) is 4.39 Å². The number of para-hydroxylation sites is 1. The molecule has 30 heavy (non-hydrogen) atoms. The maximum atomic E-state index is 13.0. The normalized spacial score (nSPS) is 16.1. The largest absolute Gasteiger partial charge is 0.352 e. The van der Waals surface area contributed by atoms with E-state index in [0.29, 0.717) is 32.5 Å². The number of rotatable bonds is 7. The molecule has 1 aliphatic heterocycles. The first-order valence-electron chi connectivity index (χ1n) is 10.2. The Morgan fingerprint density at radius 3 is 2.47 bits per heavy atom. The van der Waals surface area contributed by atoms with E-state index in [4.69, 9.17) is 0 Å². The number of carbonyl (C=O) groups is 2. The summed E-state index contributed by atoms with van der Waals surface area (Å²) < 4.78 is 13.0. The van der Waals surface area contributed by atoms with Gasteiger partial charge in [-0.15, -0.1) is 11.8 Å². The van der Waals surface area contributed by atoms with E-state index >= 15 is 0 Å². The molecule has 0 saturated carbocycles. The predicted octanol–water partition coefficient (Wildman–Crippen LogP) is 3.90. The van der Waals surface area contributed by atoms with Crippen LogP contribution in [0, 0.1) is 11.7 Å². The fraction of sp³-hybridized carbons (Fsp3) is 0.391. The van der Waals surface area contributed by atoms with Crippen LogP contribution in [-0.4, -0.2) is 42.1 Å². The number of anilines is 1. The van der Waals surface area contributed by atoms with Crippen molar-refractivity contribution in [1.82, 2.24) is 10.2 Å². The molecule has 5 nitrogen and oxygen atoms in total. The molecule has 1 saturated heterocycles. The van der Waals surface area contributed by atoms with Crippen molar-refractivity contribution in [3.63, 3.8) is 0 Å². The number of hydrogen-bond donors (Lipinski definition) is 2. The highest BCUT2D eigenvalue weighted by atomic mass is 32.2. The van der Waals surface area contributed by atoms with Crippen molar-refractivity contribution in [1.29, 1.82) is 0 Å². The Morgan fingerprint density at radius 1 is 1.13 bits per heavy atom. The van der Waals surface area contributed by atoms with E-state index in [2.05, 4.69) is 15.5 Å². The third-order valence-corrected chi connectivity index (χ3v) is 6.37. The molecule has 0 spiro atoms. The van der Waals surface area contributed by atoms with Crippen LogP contribution in [0.4, 0.5) is 10.1 Å². The second-order valence-corrected chi connectivity index (χ2v) is 8.37. The molecule has 1 heterocycles. The second kappa shape index (κ2) is 10.6. The monoisotopic (exact) mass is 429 g/mol. The van der Waals surface area contributed by atoms with Crippen LogP contribution in [-0.2, 0) is 16.1 Å². The number of likely N-dealkylation sites (tertiary alicyclic amines) is 1. The highest BCUT2D eigenvalue weighted by molar-refractivity contribution is 7.98. The lowest BCUT2D eigenvalue weighted by atomic mass is 9.94. The number of thioether (sulfide) groups is 1. The fourth-order valence-electron chi connectivity index (χ4n) is 3.64. The lowest BCUT2D eigenvalue weighted by molar-refractivity contribution is -0.127. The van der Waals surface area contributed by atoms with Crippen LogP contribution in [0.5, 0.6) is 0 Å². The molecule has 0 aliphatic carbocycles. The topological polar surface area (TPSA) is 61.4 Å². The summed E-state index contributed by atoms with van der Waals surface area (Å²) in [5.74, 6) is -0.359. The third kappa shape index (κ3) is 5.83. The average molecular weight is 430 g/mol. The van der Waals surface area contributed by atoms with E-state index in [1.54, 1.807) is 23.9 Å². The highest BCUT2D eigenvalue weighted by Gasteiger charge is 2.29. The van der Waals surface area contributed by atoms with E-state index in [1.807, 2.05) is 37.4 Å². The summed E-state index contributed by atoms with van der Waals surface area (Å²) in [4.78, 5) is 28.3. The number of benzene rings is 2. The van der Waals surface area contributed by atoms with Gasteiger partial charge >= 0.3 is 0 Å².